The Morgan fingerprint density at radius 1 is 1.00 bits per heavy atom. The van der Waals surface area contributed by atoms with Gasteiger partial charge < -0.3 is 5.11 Å². The average Bonchev–Trinajstić information content (AvgIpc) is 2.57. The summed E-state index contributed by atoms with van der Waals surface area (Å²) in [6.07, 6.45) is -10.3. The molecule has 0 bridgehead atoms. The number of halogens is 9. The van der Waals surface area contributed by atoms with Gasteiger partial charge in [0.2, 0.25) is 3.79 Å². The second kappa shape index (κ2) is 8.04. The molecule has 158 valence electrons. The molecule has 0 saturated heterocycles. The maximum Gasteiger partial charge on any atom is 0.433 e. The zero-order valence-corrected chi connectivity index (χ0v) is 16.0. The lowest BCUT2D eigenvalue weighted by atomic mass is 10.1. The van der Waals surface area contributed by atoms with Gasteiger partial charge in [0.1, 0.15) is 5.69 Å². The third kappa shape index (κ3) is 6.00. The van der Waals surface area contributed by atoms with Gasteiger partial charge in [-0.05, 0) is 18.2 Å². The number of anilines is 1. The van der Waals surface area contributed by atoms with Crippen molar-refractivity contribution < 1.29 is 36.2 Å². The van der Waals surface area contributed by atoms with Gasteiger partial charge in [-0.15, -0.1) is 0 Å². The topological polar surface area (TPSA) is 66.3 Å². The first-order valence-electron chi connectivity index (χ1n) is 7.27. The van der Waals surface area contributed by atoms with Gasteiger partial charge in [0.05, 0.1) is 23.5 Å². The summed E-state index contributed by atoms with van der Waals surface area (Å²) in [5, 5.41) is 9.38. The van der Waals surface area contributed by atoms with Crippen LogP contribution in [-0.4, -0.2) is 31.5 Å². The number of aromatic nitrogens is 2. The smallest absolute Gasteiger partial charge is 0.433 e. The van der Waals surface area contributed by atoms with Gasteiger partial charge >= 0.3 is 18.4 Å². The summed E-state index contributed by atoms with van der Waals surface area (Å²) in [5.41, 5.74) is -3.81. The van der Waals surface area contributed by atoms with E-state index in [1.807, 2.05) is 0 Å². The number of nitrogens with zero attached hydrogens (tertiary/aromatic N) is 3. The maximum absolute atomic E-state index is 13.1. The van der Waals surface area contributed by atoms with Crippen molar-refractivity contribution in [2.45, 2.75) is 16.1 Å². The monoisotopic (exact) mass is 481 g/mol. The van der Waals surface area contributed by atoms with Crippen molar-refractivity contribution in [2.75, 3.05) is 11.4 Å². The fourth-order valence-electron chi connectivity index (χ4n) is 2.17. The Morgan fingerprint density at radius 3 is 2.03 bits per heavy atom. The SMILES string of the molecule is O=C(O)N(CC(Cl)(Cl)Cl)c1cc(C(F)(F)F)cnc1-c1ccc(C(F)(F)F)nc1. The van der Waals surface area contributed by atoms with Crippen molar-refractivity contribution in [2.24, 2.45) is 0 Å². The highest BCUT2D eigenvalue weighted by atomic mass is 35.6. The largest absolute Gasteiger partial charge is 0.465 e. The van der Waals surface area contributed by atoms with Crippen LogP contribution >= 0.6 is 34.8 Å². The second-order valence-electron chi connectivity index (χ2n) is 5.50. The third-order valence-corrected chi connectivity index (χ3v) is 3.74. The average molecular weight is 483 g/mol. The molecule has 0 saturated carbocycles. The molecule has 1 amide bonds. The molecule has 5 nitrogen and oxygen atoms in total. The van der Waals surface area contributed by atoms with Crippen LogP contribution in [0, 0.1) is 0 Å². The summed E-state index contributed by atoms with van der Waals surface area (Å²) < 4.78 is 75.0. The van der Waals surface area contributed by atoms with Crippen LogP contribution in [0.3, 0.4) is 0 Å². The van der Waals surface area contributed by atoms with E-state index in [1.54, 1.807) is 0 Å². The number of hydrogen-bond acceptors (Lipinski definition) is 3. The van der Waals surface area contributed by atoms with Gasteiger partial charge in [-0.3, -0.25) is 14.9 Å². The Hall–Kier alpha value is -1.98. The van der Waals surface area contributed by atoms with E-state index in [1.165, 1.54) is 0 Å². The van der Waals surface area contributed by atoms with Crippen molar-refractivity contribution in [1.29, 1.82) is 0 Å². The van der Waals surface area contributed by atoms with Crippen molar-refractivity contribution in [3.8, 4) is 11.3 Å². The van der Waals surface area contributed by atoms with E-state index in [4.69, 9.17) is 34.8 Å². The predicted molar refractivity (Wildman–Crippen MR) is 93.1 cm³/mol. The lowest BCUT2D eigenvalue weighted by Crippen LogP contribution is -2.37. The summed E-state index contributed by atoms with van der Waals surface area (Å²) in [6.45, 7) is -0.878. The summed E-state index contributed by atoms with van der Waals surface area (Å²) in [4.78, 5) is 18.6. The normalized spacial score (nSPS) is 12.7. The molecule has 0 fully saturated rings. The van der Waals surface area contributed by atoms with Gasteiger partial charge in [0.25, 0.3) is 0 Å². The Labute approximate surface area is 173 Å². The molecule has 0 aliphatic heterocycles. The molecule has 0 aliphatic rings. The molecule has 29 heavy (non-hydrogen) atoms. The number of pyridine rings is 2. The van der Waals surface area contributed by atoms with Crippen LogP contribution in [0.2, 0.25) is 0 Å². The van der Waals surface area contributed by atoms with Gasteiger partial charge in [0.15, 0.2) is 0 Å². The van der Waals surface area contributed by atoms with Crippen molar-refractivity contribution >= 4 is 46.6 Å². The molecule has 2 heterocycles. The number of hydrogen-bond donors (Lipinski definition) is 1. The van der Waals surface area contributed by atoms with E-state index in [9.17, 15) is 36.2 Å². The van der Waals surface area contributed by atoms with Crippen LogP contribution in [0.4, 0.5) is 36.8 Å². The predicted octanol–water partition coefficient (Wildman–Crippen LogP) is 6.04. The molecule has 1 N–H and O–H groups in total. The van der Waals surface area contributed by atoms with Crippen molar-refractivity contribution in [3.05, 3.63) is 41.9 Å². The molecule has 2 aromatic heterocycles. The quantitative estimate of drug-likeness (QED) is 0.428. The second-order valence-corrected chi connectivity index (χ2v) is 8.02. The number of amides is 1. The van der Waals surface area contributed by atoms with E-state index in [-0.39, 0.29) is 5.56 Å². The van der Waals surface area contributed by atoms with Gasteiger partial charge in [0, 0.05) is 18.0 Å². The Balaban J connectivity index is 2.67. The number of rotatable bonds is 3. The number of carboxylic acid groups (broad SMARTS) is 1. The van der Waals surface area contributed by atoms with E-state index in [2.05, 4.69) is 9.97 Å². The van der Waals surface area contributed by atoms with E-state index in [0.29, 0.717) is 29.4 Å². The first kappa shape index (κ1) is 23.3. The first-order chi connectivity index (χ1) is 13.1. The standard InChI is InChI=1S/C15H8Cl3F6N3O2/c16-13(17,18)6-27(12(28)29)9-3-8(14(19,20)21)5-26-11(9)7-1-2-10(25-4-7)15(22,23)24/h1-5H,6H2,(H,28,29). The highest BCUT2D eigenvalue weighted by molar-refractivity contribution is 6.68. The molecule has 0 radical (unpaired) electrons. The molecule has 0 spiro atoms. The lowest BCUT2D eigenvalue weighted by molar-refractivity contribution is -0.141. The summed E-state index contributed by atoms with van der Waals surface area (Å²) >= 11 is 16.7. The van der Waals surface area contributed by atoms with Gasteiger partial charge in [-0.25, -0.2) is 4.79 Å². The molecule has 0 atom stereocenters. The molecule has 0 unspecified atom stereocenters. The maximum atomic E-state index is 13.1. The lowest BCUT2D eigenvalue weighted by Gasteiger charge is -2.26. The Kier molecular flexibility index (Phi) is 6.46. The zero-order chi connectivity index (χ0) is 22.2. The van der Waals surface area contributed by atoms with E-state index < -0.39 is 51.4 Å². The number of alkyl halides is 9. The van der Waals surface area contributed by atoms with Crippen LogP contribution in [0.1, 0.15) is 11.3 Å². The third-order valence-electron chi connectivity index (χ3n) is 3.38. The van der Waals surface area contributed by atoms with E-state index >= 15 is 0 Å². The minimum atomic E-state index is -4.89. The highest BCUT2D eigenvalue weighted by Crippen LogP contribution is 2.38. The van der Waals surface area contributed by atoms with Crippen LogP contribution in [-0.2, 0) is 12.4 Å². The molecule has 14 heteroatoms. The van der Waals surface area contributed by atoms with Crippen LogP contribution in [0.15, 0.2) is 30.6 Å². The van der Waals surface area contributed by atoms with Gasteiger partial charge in [-0.1, -0.05) is 34.8 Å². The molecule has 2 rings (SSSR count). The van der Waals surface area contributed by atoms with Gasteiger partial charge in [-0.2, -0.15) is 26.3 Å². The summed E-state index contributed by atoms with van der Waals surface area (Å²) in [7, 11) is 0. The van der Waals surface area contributed by atoms with Crippen molar-refractivity contribution in [1.82, 2.24) is 9.97 Å². The molecule has 0 aromatic carbocycles. The molecule has 2 aromatic rings. The van der Waals surface area contributed by atoms with Crippen LogP contribution in [0.5, 0.6) is 0 Å². The molecule has 0 aliphatic carbocycles. The summed E-state index contributed by atoms with van der Waals surface area (Å²) in [5.74, 6) is 0. The fourth-order valence-corrected chi connectivity index (χ4v) is 2.53. The number of carbonyl (C=O) groups is 1. The van der Waals surface area contributed by atoms with Crippen LogP contribution in [0.25, 0.3) is 11.3 Å². The Morgan fingerprint density at radius 2 is 1.62 bits per heavy atom. The van der Waals surface area contributed by atoms with Crippen LogP contribution < -0.4 is 4.90 Å². The Bertz CT molecular complexity index is 898. The summed E-state index contributed by atoms with van der Waals surface area (Å²) in [6, 6.07) is 1.88. The minimum Gasteiger partial charge on any atom is -0.465 e. The molecular weight excluding hydrogens is 475 g/mol. The molecular formula is C15H8Cl3F6N3O2. The first-order valence-corrected chi connectivity index (χ1v) is 8.41. The highest BCUT2D eigenvalue weighted by Gasteiger charge is 2.36. The van der Waals surface area contributed by atoms with E-state index in [0.717, 1.165) is 6.07 Å². The zero-order valence-electron chi connectivity index (χ0n) is 13.7. The minimum absolute atomic E-state index is 0.183. The fraction of sp³-hybridized carbons (Fsp3) is 0.267. The van der Waals surface area contributed by atoms with Crippen molar-refractivity contribution in [3.63, 3.8) is 0 Å².